The Balaban J connectivity index is 1.82. The number of sulfonamides is 1. The molecule has 0 aliphatic rings. The van der Waals surface area contributed by atoms with Crippen LogP contribution in [0, 0.1) is 34.6 Å². The summed E-state index contributed by atoms with van der Waals surface area (Å²) in [5.74, 6) is -0.750. The normalized spacial score (nSPS) is 11.2. The number of carbonyl (C=O) groups is 2. The molecule has 0 spiro atoms. The number of hydrogen-bond donors (Lipinski definition) is 3. The average Bonchev–Trinajstić information content (AvgIpc) is 2.62. The van der Waals surface area contributed by atoms with Crippen LogP contribution in [0.1, 0.15) is 34.2 Å². The third-order valence-corrected chi connectivity index (χ3v) is 6.27. The van der Waals surface area contributed by atoms with Crippen molar-refractivity contribution in [2.24, 2.45) is 0 Å². The van der Waals surface area contributed by atoms with Gasteiger partial charge in [0.1, 0.15) is 0 Å². The van der Waals surface area contributed by atoms with Gasteiger partial charge in [-0.2, -0.15) is 0 Å². The molecule has 162 valence electrons. The van der Waals surface area contributed by atoms with E-state index in [4.69, 9.17) is 0 Å². The van der Waals surface area contributed by atoms with Crippen molar-refractivity contribution in [3.63, 3.8) is 0 Å². The molecule has 30 heavy (non-hydrogen) atoms. The van der Waals surface area contributed by atoms with E-state index in [1.54, 1.807) is 25.1 Å². The van der Waals surface area contributed by atoms with Crippen LogP contribution in [0.4, 0.5) is 5.69 Å². The number of rotatable bonds is 8. The Morgan fingerprint density at radius 2 is 1.43 bits per heavy atom. The second-order valence-corrected chi connectivity index (χ2v) is 9.25. The SMILES string of the molecule is Cc1ccc(S(=O)(=O)NCCC(=O)NCC(=O)Nc2c(C)cc(C)cc2C)c(C)c1. The molecular formula is C22H29N3O4S. The molecule has 0 bridgehead atoms. The number of anilines is 1. The summed E-state index contributed by atoms with van der Waals surface area (Å²) in [7, 11) is -3.70. The Hall–Kier alpha value is -2.71. The predicted octanol–water partition coefficient (Wildman–Crippen LogP) is 2.65. The highest BCUT2D eigenvalue weighted by Gasteiger charge is 2.17. The topological polar surface area (TPSA) is 104 Å². The summed E-state index contributed by atoms with van der Waals surface area (Å²) in [5.41, 5.74) is 5.37. The van der Waals surface area contributed by atoms with E-state index in [1.807, 2.05) is 39.8 Å². The van der Waals surface area contributed by atoms with Gasteiger partial charge >= 0.3 is 0 Å². The maximum Gasteiger partial charge on any atom is 0.243 e. The fourth-order valence-electron chi connectivity index (χ4n) is 3.31. The van der Waals surface area contributed by atoms with Gasteiger partial charge in [-0.05, 0) is 57.4 Å². The largest absolute Gasteiger partial charge is 0.347 e. The molecule has 0 atom stereocenters. The number of carbonyl (C=O) groups excluding carboxylic acids is 2. The van der Waals surface area contributed by atoms with Gasteiger partial charge in [0.25, 0.3) is 0 Å². The van der Waals surface area contributed by atoms with Crippen LogP contribution < -0.4 is 15.4 Å². The monoisotopic (exact) mass is 431 g/mol. The van der Waals surface area contributed by atoms with Crippen LogP contribution in [-0.2, 0) is 19.6 Å². The van der Waals surface area contributed by atoms with Crippen LogP contribution in [0.5, 0.6) is 0 Å². The molecular weight excluding hydrogens is 402 g/mol. The van der Waals surface area contributed by atoms with Gasteiger partial charge in [-0.3, -0.25) is 9.59 Å². The maximum atomic E-state index is 12.4. The first-order valence-electron chi connectivity index (χ1n) is 9.71. The molecule has 0 aromatic heterocycles. The van der Waals surface area contributed by atoms with Crippen LogP contribution in [0.25, 0.3) is 0 Å². The van der Waals surface area contributed by atoms with Crippen molar-refractivity contribution in [3.8, 4) is 0 Å². The lowest BCUT2D eigenvalue weighted by atomic mass is 10.1. The van der Waals surface area contributed by atoms with Crippen LogP contribution in [0.3, 0.4) is 0 Å². The van der Waals surface area contributed by atoms with Gasteiger partial charge in [0.15, 0.2) is 0 Å². The Kier molecular flexibility index (Phi) is 7.75. The van der Waals surface area contributed by atoms with Gasteiger partial charge in [-0.15, -0.1) is 0 Å². The highest BCUT2D eigenvalue weighted by molar-refractivity contribution is 7.89. The first kappa shape index (κ1) is 23.6. The van der Waals surface area contributed by atoms with E-state index in [2.05, 4.69) is 15.4 Å². The van der Waals surface area contributed by atoms with Gasteiger partial charge in [0.05, 0.1) is 11.4 Å². The molecule has 0 aliphatic heterocycles. The predicted molar refractivity (Wildman–Crippen MR) is 118 cm³/mol. The molecule has 0 aliphatic carbocycles. The van der Waals surface area contributed by atoms with E-state index >= 15 is 0 Å². The van der Waals surface area contributed by atoms with Crippen molar-refractivity contribution >= 4 is 27.5 Å². The summed E-state index contributed by atoms with van der Waals surface area (Å²) >= 11 is 0. The Morgan fingerprint density at radius 1 is 0.833 bits per heavy atom. The molecule has 0 fully saturated rings. The lowest BCUT2D eigenvalue weighted by molar-refractivity contribution is -0.124. The van der Waals surface area contributed by atoms with Gasteiger partial charge in [-0.25, -0.2) is 13.1 Å². The molecule has 3 N–H and O–H groups in total. The van der Waals surface area contributed by atoms with Crippen molar-refractivity contribution in [2.75, 3.05) is 18.4 Å². The molecule has 0 radical (unpaired) electrons. The standard InChI is InChI=1S/C22H29N3O4S/c1-14-6-7-19(16(3)10-14)30(28,29)24-9-8-20(26)23-13-21(27)25-22-17(4)11-15(2)12-18(22)5/h6-7,10-12,24H,8-9,13H2,1-5H3,(H,23,26)(H,25,27). The minimum atomic E-state index is -3.70. The quantitative estimate of drug-likeness (QED) is 0.598. The molecule has 2 rings (SSSR count). The molecule has 0 heterocycles. The zero-order valence-corrected chi connectivity index (χ0v) is 18.9. The number of hydrogen-bond acceptors (Lipinski definition) is 4. The van der Waals surface area contributed by atoms with Crippen molar-refractivity contribution < 1.29 is 18.0 Å². The molecule has 0 saturated heterocycles. The highest BCUT2D eigenvalue weighted by Crippen LogP contribution is 2.21. The van der Waals surface area contributed by atoms with Crippen molar-refractivity contribution in [2.45, 2.75) is 45.9 Å². The van der Waals surface area contributed by atoms with Crippen LogP contribution >= 0.6 is 0 Å². The molecule has 7 nitrogen and oxygen atoms in total. The second-order valence-electron chi connectivity index (χ2n) is 7.52. The molecule has 2 aromatic carbocycles. The van der Waals surface area contributed by atoms with E-state index in [0.29, 0.717) is 5.56 Å². The lowest BCUT2D eigenvalue weighted by Crippen LogP contribution is -2.35. The van der Waals surface area contributed by atoms with E-state index in [0.717, 1.165) is 27.9 Å². The number of aryl methyl sites for hydroxylation is 5. The second kappa shape index (κ2) is 9.86. The van der Waals surface area contributed by atoms with Crippen LogP contribution in [0.15, 0.2) is 35.2 Å². The van der Waals surface area contributed by atoms with E-state index in [9.17, 15) is 18.0 Å². The summed E-state index contributed by atoms with van der Waals surface area (Å²) in [6.45, 7) is 9.18. The van der Waals surface area contributed by atoms with Gasteiger partial charge < -0.3 is 10.6 Å². The lowest BCUT2D eigenvalue weighted by Gasteiger charge is -2.13. The van der Waals surface area contributed by atoms with Crippen LogP contribution in [0.2, 0.25) is 0 Å². The fraction of sp³-hybridized carbons (Fsp3) is 0.364. The summed E-state index contributed by atoms with van der Waals surface area (Å²) in [5, 5.41) is 5.32. The van der Waals surface area contributed by atoms with Gasteiger partial charge in [0, 0.05) is 18.7 Å². The van der Waals surface area contributed by atoms with E-state index < -0.39 is 15.9 Å². The highest BCUT2D eigenvalue weighted by atomic mass is 32.2. The zero-order chi connectivity index (χ0) is 22.5. The summed E-state index contributed by atoms with van der Waals surface area (Å²) < 4.78 is 27.2. The molecule has 2 amide bonds. The smallest absolute Gasteiger partial charge is 0.243 e. The molecule has 2 aromatic rings. The van der Waals surface area contributed by atoms with Crippen LogP contribution in [-0.4, -0.2) is 33.3 Å². The first-order valence-corrected chi connectivity index (χ1v) is 11.2. The first-order chi connectivity index (χ1) is 14.0. The van der Waals surface area contributed by atoms with E-state index in [-0.39, 0.29) is 30.3 Å². The van der Waals surface area contributed by atoms with Gasteiger partial charge in [0.2, 0.25) is 21.8 Å². The van der Waals surface area contributed by atoms with Crippen molar-refractivity contribution in [1.29, 1.82) is 0 Å². The molecule has 8 heteroatoms. The maximum absolute atomic E-state index is 12.4. The number of nitrogens with one attached hydrogen (secondary N) is 3. The minimum Gasteiger partial charge on any atom is -0.347 e. The average molecular weight is 432 g/mol. The molecule has 0 saturated carbocycles. The van der Waals surface area contributed by atoms with Crippen molar-refractivity contribution in [3.05, 3.63) is 58.1 Å². The summed E-state index contributed by atoms with van der Waals surface area (Å²) in [6.07, 6.45) is -0.0694. The number of benzene rings is 2. The van der Waals surface area contributed by atoms with E-state index in [1.165, 1.54) is 0 Å². The minimum absolute atomic E-state index is 0.0563. The third-order valence-electron chi connectivity index (χ3n) is 4.65. The third kappa shape index (κ3) is 6.40. The zero-order valence-electron chi connectivity index (χ0n) is 18.0. The Labute approximate surface area is 178 Å². The fourth-order valence-corrected chi connectivity index (χ4v) is 4.56. The van der Waals surface area contributed by atoms with Crippen molar-refractivity contribution in [1.82, 2.24) is 10.0 Å². The van der Waals surface area contributed by atoms with Gasteiger partial charge in [-0.1, -0.05) is 35.4 Å². The number of amides is 2. The summed E-state index contributed by atoms with van der Waals surface area (Å²) in [6, 6.07) is 9.01. The molecule has 0 unspecified atom stereocenters. The Bertz CT molecular complexity index is 1040. The Morgan fingerprint density at radius 3 is 2.03 bits per heavy atom. The summed E-state index contributed by atoms with van der Waals surface area (Å²) in [4.78, 5) is 24.3.